The summed E-state index contributed by atoms with van der Waals surface area (Å²) < 4.78 is 0. The molecule has 1 aromatic carbocycles. The predicted molar refractivity (Wildman–Crippen MR) is 67.2 cm³/mol. The monoisotopic (exact) mass is 226 g/mol. The van der Waals surface area contributed by atoms with Crippen LogP contribution in [0.3, 0.4) is 0 Å². The quantitative estimate of drug-likeness (QED) is 0.860. The van der Waals surface area contributed by atoms with Crippen molar-refractivity contribution in [2.75, 3.05) is 0 Å². The smallest absolute Gasteiger partial charge is 0.0995 e. The Morgan fingerprint density at radius 1 is 1.24 bits per heavy atom. The lowest BCUT2D eigenvalue weighted by atomic mass is 9.95. The molecule has 2 aliphatic rings. The van der Waals surface area contributed by atoms with Crippen molar-refractivity contribution in [3.8, 4) is 6.07 Å². The van der Waals surface area contributed by atoms with Crippen LogP contribution in [0.4, 0.5) is 0 Å². The molecule has 2 bridgehead atoms. The minimum Gasteiger partial charge on any atom is -0.310 e. The number of nitrogens with one attached hydrogen (secondary N) is 1. The van der Waals surface area contributed by atoms with E-state index in [1.54, 1.807) is 0 Å². The molecule has 0 spiro atoms. The molecule has 1 N–H and O–H groups in total. The Kier molecular flexibility index (Phi) is 2.86. The largest absolute Gasteiger partial charge is 0.310 e. The van der Waals surface area contributed by atoms with Crippen LogP contribution < -0.4 is 5.32 Å². The van der Waals surface area contributed by atoms with E-state index < -0.39 is 0 Å². The highest BCUT2D eigenvalue weighted by Gasteiger charge is 2.38. The standard InChI is InChI=1S/C15H18N2/c16-9-13-3-1-2-4-14(13)10-17-15-8-11-5-6-12(15)7-11/h1-4,11-12,15,17H,5-8,10H2. The van der Waals surface area contributed by atoms with Crippen molar-refractivity contribution in [3.05, 3.63) is 35.4 Å². The van der Waals surface area contributed by atoms with Gasteiger partial charge in [0.15, 0.2) is 0 Å². The zero-order valence-corrected chi connectivity index (χ0v) is 10.0. The van der Waals surface area contributed by atoms with Crippen molar-refractivity contribution in [1.29, 1.82) is 5.26 Å². The molecule has 0 radical (unpaired) electrons. The van der Waals surface area contributed by atoms with Crippen LogP contribution in [0.5, 0.6) is 0 Å². The molecule has 0 saturated heterocycles. The van der Waals surface area contributed by atoms with Crippen molar-refractivity contribution in [3.63, 3.8) is 0 Å². The van der Waals surface area contributed by atoms with Gasteiger partial charge < -0.3 is 5.32 Å². The molecule has 2 aliphatic carbocycles. The van der Waals surface area contributed by atoms with E-state index in [9.17, 15) is 0 Å². The number of benzene rings is 1. The van der Waals surface area contributed by atoms with Crippen LogP contribution in [0.1, 0.15) is 36.8 Å². The Hall–Kier alpha value is -1.33. The van der Waals surface area contributed by atoms with Gasteiger partial charge in [-0.1, -0.05) is 24.6 Å². The Balaban J connectivity index is 1.63. The van der Waals surface area contributed by atoms with Gasteiger partial charge in [0.1, 0.15) is 0 Å². The van der Waals surface area contributed by atoms with Crippen LogP contribution in [0.25, 0.3) is 0 Å². The molecular weight excluding hydrogens is 208 g/mol. The number of rotatable bonds is 3. The summed E-state index contributed by atoms with van der Waals surface area (Å²) in [5, 5.41) is 12.7. The third-order valence-corrected chi connectivity index (χ3v) is 4.43. The molecule has 2 saturated carbocycles. The number of fused-ring (bicyclic) bond motifs is 2. The van der Waals surface area contributed by atoms with E-state index in [-0.39, 0.29) is 0 Å². The van der Waals surface area contributed by atoms with E-state index in [4.69, 9.17) is 5.26 Å². The first-order valence-corrected chi connectivity index (χ1v) is 6.58. The highest BCUT2D eigenvalue weighted by molar-refractivity contribution is 5.37. The molecule has 2 nitrogen and oxygen atoms in total. The zero-order valence-electron chi connectivity index (χ0n) is 10.0. The number of nitrogens with zero attached hydrogens (tertiary/aromatic N) is 1. The lowest BCUT2D eigenvalue weighted by molar-refractivity contribution is 0.350. The first kappa shape index (κ1) is 10.8. The third-order valence-electron chi connectivity index (χ3n) is 4.43. The van der Waals surface area contributed by atoms with Gasteiger partial charge >= 0.3 is 0 Å². The average molecular weight is 226 g/mol. The summed E-state index contributed by atoms with van der Waals surface area (Å²) in [4.78, 5) is 0. The fourth-order valence-electron chi connectivity index (χ4n) is 3.52. The van der Waals surface area contributed by atoms with Gasteiger partial charge in [-0.05, 0) is 42.7 Å². The fraction of sp³-hybridized carbons (Fsp3) is 0.533. The molecule has 88 valence electrons. The van der Waals surface area contributed by atoms with Crippen LogP contribution in [-0.2, 0) is 6.54 Å². The summed E-state index contributed by atoms with van der Waals surface area (Å²) in [6.45, 7) is 0.845. The summed E-state index contributed by atoms with van der Waals surface area (Å²) in [5.74, 6) is 1.87. The van der Waals surface area contributed by atoms with Gasteiger partial charge in [0.05, 0.1) is 11.6 Å². The van der Waals surface area contributed by atoms with Crippen molar-refractivity contribution in [1.82, 2.24) is 5.32 Å². The van der Waals surface area contributed by atoms with E-state index >= 15 is 0 Å². The topological polar surface area (TPSA) is 35.8 Å². The second kappa shape index (κ2) is 4.50. The molecule has 0 heterocycles. The van der Waals surface area contributed by atoms with Gasteiger partial charge in [-0.15, -0.1) is 0 Å². The highest BCUT2D eigenvalue weighted by atomic mass is 14.9. The summed E-state index contributed by atoms with van der Waals surface area (Å²) in [7, 11) is 0. The van der Waals surface area contributed by atoms with Crippen molar-refractivity contribution >= 4 is 0 Å². The molecule has 1 aromatic rings. The van der Waals surface area contributed by atoms with Gasteiger partial charge in [-0.2, -0.15) is 5.26 Å². The Labute approximate surface area is 103 Å². The van der Waals surface area contributed by atoms with Gasteiger partial charge in [-0.25, -0.2) is 0 Å². The molecule has 17 heavy (non-hydrogen) atoms. The minimum atomic E-state index is 0.695. The lowest BCUT2D eigenvalue weighted by Crippen LogP contribution is -2.33. The minimum absolute atomic E-state index is 0.695. The van der Waals surface area contributed by atoms with Crippen molar-refractivity contribution in [2.24, 2.45) is 11.8 Å². The van der Waals surface area contributed by atoms with Gasteiger partial charge in [0.25, 0.3) is 0 Å². The van der Waals surface area contributed by atoms with E-state index in [0.717, 1.165) is 29.5 Å². The Morgan fingerprint density at radius 2 is 2.12 bits per heavy atom. The van der Waals surface area contributed by atoms with Crippen LogP contribution in [0.2, 0.25) is 0 Å². The third kappa shape index (κ3) is 2.08. The summed E-state index contributed by atoms with van der Waals surface area (Å²) >= 11 is 0. The van der Waals surface area contributed by atoms with Gasteiger partial charge in [-0.3, -0.25) is 0 Å². The summed E-state index contributed by atoms with van der Waals surface area (Å²) in [5.41, 5.74) is 1.95. The lowest BCUT2D eigenvalue weighted by Gasteiger charge is -2.23. The second-order valence-corrected chi connectivity index (χ2v) is 5.43. The Morgan fingerprint density at radius 3 is 2.82 bits per heavy atom. The number of hydrogen-bond acceptors (Lipinski definition) is 2. The maximum atomic E-state index is 9.04. The number of hydrogen-bond donors (Lipinski definition) is 1. The van der Waals surface area contributed by atoms with Crippen molar-refractivity contribution in [2.45, 2.75) is 38.3 Å². The SMILES string of the molecule is N#Cc1ccccc1CNC1CC2CCC1C2. The van der Waals surface area contributed by atoms with Crippen LogP contribution in [0, 0.1) is 23.2 Å². The predicted octanol–water partition coefficient (Wildman–Crippen LogP) is 2.84. The zero-order chi connectivity index (χ0) is 11.7. The summed E-state index contributed by atoms with van der Waals surface area (Å²) in [6, 6.07) is 10.9. The molecule has 0 amide bonds. The molecule has 3 rings (SSSR count). The van der Waals surface area contributed by atoms with Crippen LogP contribution in [0.15, 0.2) is 24.3 Å². The van der Waals surface area contributed by atoms with Crippen molar-refractivity contribution < 1.29 is 0 Å². The first-order valence-electron chi connectivity index (χ1n) is 6.58. The summed E-state index contributed by atoms with van der Waals surface area (Å²) in [6.07, 6.45) is 5.62. The van der Waals surface area contributed by atoms with E-state index in [1.165, 1.54) is 25.7 Å². The highest BCUT2D eigenvalue weighted by Crippen LogP contribution is 2.44. The van der Waals surface area contributed by atoms with Gasteiger partial charge in [0.2, 0.25) is 0 Å². The molecule has 2 heteroatoms. The van der Waals surface area contributed by atoms with E-state index in [1.807, 2.05) is 18.2 Å². The van der Waals surface area contributed by atoms with Crippen LogP contribution in [-0.4, -0.2) is 6.04 Å². The molecule has 3 unspecified atom stereocenters. The molecule has 3 atom stereocenters. The maximum absolute atomic E-state index is 9.04. The van der Waals surface area contributed by atoms with Gasteiger partial charge in [0, 0.05) is 12.6 Å². The Bertz CT molecular complexity index is 446. The molecule has 0 aromatic heterocycles. The second-order valence-electron chi connectivity index (χ2n) is 5.43. The maximum Gasteiger partial charge on any atom is 0.0995 e. The average Bonchev–Trinajstić information content (AvgIpc) is 2.98. The van der Waals surface area contributed by atoms with Crippen LogP contribution >= 0.6 is 0 Å². The molecular formula is C15H18N2. The number of nitriles is 1. The molecule has 2 fully saturated rings. The fourth-order valence-corrected chi connectivity index (χ4v) is 3.52. The first-order chi connectivity index (χ1) is 8.36. The normalized spacial score (nSPS) is 30.4. The van der Waals surface area contributed by atoms with E-state index in [2.05, 4.69) is 17.5 Å². The van der Waals surface area contributed by atoms with E-state index in [0.29, 0.717) is 6.04 Å². The molecule has 0 aliphatic heterocycles.